The van der Waals surface area contributed by atoms with Crippen molar-refractivity contribution in [3.8, 4) is 11.1 Å². The zero-order valence-electron chi connectivity index (χ0n) is 11.8. The van der Waals surface area contributed by atoms with Gasteiger partial charge in [-0.05, 0) is 36.1 Å². The number of pyridine rings is 2. The van der Waals surface area contributed by atoms with Gasteiger partial charge in [-0.1, -0.05) is 0 Å². The summed E-state index contributed by atoms with van der Waals surface area (Å²) < 4.78 is 14.6. The van der Waals surface area contributed by atoms with Gasteiger partial charge in [-0.3, -0.25) is 4.98 Å². The van der Waals surface area contributed by atoms with Crippen LogP contribution in [0.5, 0.6) is 0 Å². The van der Waals surface area contributed by atoms with Crippen LogP contribution < -0.4 is 11.1 Å². The molecule has 0 aliphatic heterocycles. The molecule has 3 rings (SSSR count). The van der Waals surface area contributed by atoms with E-state index >= 15 is 0 Å². The second-order valence-electron chi connectivity index (χ2n) is 4.88. The molecule has 0 spiro atoms. The molecule has 0 bridgehead atoms. The number of hydrogen-bond donors (Lipinski definition) is 2. The quantitative estimate of drug-likeness (QED) is 0.707. The number of halogens is 1. The molecule has 5 heteroatoms. The summed E-state index contributed by atoms with van der Waals surface area (Å²) in [6.07, 6.45) is 4.92. The Morgan fingerprint density at radius 3 is 2.71 bits per heavy atom. The zero-order chi connectivity index (χ0) is 15.0. The first-order chi connectivity index (χ1) is 10.1. The lowest BCUT2D eigenvalue weighted by Gasteiger charge is -2.12. The Balaban J connectivity index is 2.33. The molecule has 3 aromatic rings. The predicted octanol–water partition coefficient (Wildman–Crippen LogP) is 3.37. The van der Waals surface area contributed by atoms with Crippen LogP contribution in [0.3, 0.4) is 0 Å². The third-order valence-electron chi connectivity index (χ3n) is 3.58. The second kappa shape index (κ2) is 5.01. The second-order valence-corrected chi connectivity index (χ2v) is 4.88. The highest BCUT2D eigenvalue weighted by Gasteiger charge is 2.15. The summed E-state index contributed by atoms with van der Waals surface area (Å²) in [5.41, 5.74) is 8.20. The Morgan fingerprint density at radius 2 is 2.00 bits per heavy atom. The van der Waals surface area contributed by atoms with Crippen molar-refractivity contribution < 1.29 is 4.39 Å². The number of hydrogen-bond acceptors (Lipinski definition) is 4. The lowest BCUT2D eigenvalue weighted by Crippen LogP contribution is -1.99. The topological polar surface area (TPSA) is 63.8 Å². The lowest BCUT2D eigenvalue weighted by atomic mass is 9.98. The average Bonchev–Trinajstić information content (AvgIpc) is 2.51. The molecule has 0 aliphatic rings. The highest BCUT2D eigenvalue weighted by molar-refractivity contribution is 5.98. The maximum absolute atomic E-state index is 14.6. The van der Waals surface area contributed by atoms with Crippen molar-refractivity contribution in [1.29, 1.82) is 0 Å². The van der Waals surface area contributed by atoms with E-state index in [1.807, 2.05) is 19.1 Å². The molecule has 0 radical (unpaired) electrons. The largest absolute Gasteiger partial charge is 0.396 e. The van der Waals surface area contributed by atoms with E-state index < -0.39 is 5.82 Å². The number of nitrogens with zero attached hydrogens (tertiary/aromatic N) is 2. The van der Waals surface area contributed by atoms with Crippen LogP contribution >= 0.6 is 0 Å². The van der Waals surface area contributed by atoms with E-state index in [0.29, 0.717) is 16.8 Å². The van der Waals surface area contributed by atoms with E-state index in [1.54, 1.807) is 31.7 Å². The minimum Gasteiger partial charge on any atom is -0.396 e. The molecule has 4 nitrogen and oxygen atoms in total. The number of benzene rings is 1. The molecular weight excluding hydrogens is 267 g/mol. The van der Waals surface area contributed by atoms with Gasteiger partial charge in [0.1, 0.15) is 5.82 Å². The Bertz CT molecular complexity index is 830. The maximum atomic E-state index is 14.6. The van der Waals surface area contributed by atoms with E-state index in [9.17, 15) is 4.39 Å². The van der Waals surface area contributed by atoms with Gasteiger partial charge in [0.25, 0.3) is 0 Å². The van der Waals surface area contributed by atoms with Crippen molar-refractivity contribution >= 4 is 22.3 Å². The number of aromatic nitrogens is 2. The number of nitrogens with one attached hydrogen (secondary N) is 1. The smallest absolute Gasteiger partial charge is 0.154 e. The SMILES string of the molecule is CNc1cc2cc(-c3cnccc3C)c(F)c(N)c2cn1. The molecule has 0 saturated carbocycles. The lowest BCUT2D eigenvalue weighted by molar-refractivity contribution is 0.637. The molecule has 0 aliphatic carbocycles. The third kappa shape index (κ3) is 2.16. The van der Waals surface area contributed by atoms with Crippen LogP contribution in [0.2, 0.25) is 0 Å². The first-order valence-electron chi connectivity index (χ1n) is 6.58. The van der Waals surface area contributed by atoms with Crippen LogP contribution in [0.15, 0.2) is 36.8 Å². The molecule has 21 heavy (non-hydrogen) atoms. The number of aryl methyl sites for hydroxylation is 1. The number of rotatable bonds is 2. The van der Waals surface area contributed by atoms with E-state index in [1.165, 1.54) is 0 Å². The van der Waals surface area contributed by atoms with Crippen LogP contribution in [0.25, 0.3) is 21.9 Å². The minimum absolute atomic E-state index is 0.112. The monoisotopic (exact) mass is 282 g/mol. The fourth-order valence-electron chi connectivity index (χ4n) is 2.38. The van der Waals surface area contributed by atoms with E-state index in [0.717, 1.165) is 16.5 Å². The number of anilines is 2. The van der Waals surface area contributed by atoms with Gasteiger partial charge in [0.15, 0.2) is 5.82 Å². The molecule has 0 amide bonds. The minimum atomic E-state index is -0.433. The van der Waals surface area contributed by atoms with Gasteiger partial charge < -0.3 is 11.1 Å². The van der Waals surface area contributed by atoms with Crippen molar-refractivity contribution in [3.63, 3.8) is 0 Å². The normalized spacial score (nSPS) is 10.8. The predicted molar refractivity (Wildman–Crippen MR) is 83.6 cm³/mol. The van der Waals surface area contributed by atoms with Crippen LogP contribution in [0.4, 0.5) is 15.9 Å². The van der Waals surface area contributed by atoms with Crippen molar-refractivity contribution in [3.05, 3.63) is 48.2 Å². The summed E-state index contributed by atoms with van der Waals surface area (Å²) in [4.78, 5) is 8.25. The molecular formula is C16H15FN4. The molecule has 0 saturated heterocycles. The van der Waals surface area contributed by atoms with Gasteiger partial charge in [0.05, 0.1) is 5.69 Å². The number of nitrogens with two attached hydrogens (primary N) is 1. The summed E-state index contributed by atoms with van der Waals surface area (Å²) in [5.74, 6) is 0.278. The molecule has 2 aromatic heterocycles. The number of nitrogen functional groups attached to an aromatic ring is 1. The van der Waals surface area contributed by atoms with Crippen molar-refractivity contribution in [1.82, 2.24) is 9.97 Å². The fraction of sp³-hybridized carbons (Fsp3) is 0.125. The van der Waals surface area contributed by atoms with Gasteiger partial charge in [-0.15, -0.1) is 0 Å². The van der Waals surface area contributed by atoms with Crippen molar-refractivity contribution in [2.24, 2.45) is 0 Å². The van der Waals surface area contributed by atoms with Gasteiger partial charge in [0, 0.05) is 42.2 Å². The van der Waals surface area contributed by atoms with Crippen LogP contribution in [-0.4, -0.2) is 17.0 Å². The summed E-state index contributed by atoms with van der Waals surface area (Å²) in [5, 5.41) is 4.41. The van der Waals surface area contributed by atoms with Gasteiger partial charge in [0.2, 0.25) is 0 Å². The summed E-state index contributed by atoms with van der Waals surface area (Å²) in [7, 11) is 1.78. The van der Waals surface area contributed by atoms with Crippen LogP contribution in [0, 0.1) is 12.7 Å². The average molecular weight is 282 g/mol. The Kier molecular flexibility index (Phi) is 3.17. The molecule has 0 fully saturated rings. The van der Waals surface area contributed by atoms with Crippen molar-refractivity contribution in [2.45, 2.75) is 6.92 Å². The van der Waals surface area contributed by atoms with Crippen LogP contribution in [-0.2, 0) is 0 Å². The molecule has 2 heterocycles. The van der Waals surface area contributed by atoms with Gasteiger partial charge in [-0.2, -0.15) is 0 Å². The first-order valence-corrected chi connectivity index (χ1v) is 6.58. The molecule has 106 valence electrons. The molecule has 0 atom stereocenters. The Morgan fingerprint density at radius 1 is 1.19 bits per heavy atom. The maximum Gasteiger partial charge on any atom is 0.154 e. The van der Waals surface area contributed by atoms with E-state index in [2.05, 4.69) is 15.3 Å². The molecule has 0 unspecified atom stereocenters. The van der Waals surface area contributed by atoms with Gasteiger partial charge in [-0.25, -0.2) is 9.37 Å². The van der Waals surface area contributed by atoms with E-state index in [-0.39, 0.29) is 5.69 Å². The third-order valence-corrected chi connectivity index (χ3v) is 3.58. The Hall–Kier alpha value is -2.69. The van der Waals surface area contributed by atoms with Crippen LogP contribution in [0.1, 0.15) is 5.56 Å². The molecule has 3 N–H and O–H groups in total. The standard InChI is InChI=1S/C16H15FN4/c1-9-3-4-20-7-12(9)11-5-10-6-14(19-2)21-8-13(10)16(18)15(11)17/h3-8H,18H2,1-2H3,(H,19,21). The number of fused-ring (bicyclic) bond motifs is 1. The van der Waals surface area contributed by atoms with Gasteiger partial charge >= 0.3 is 0 Å². The van der Waals surface area contributed by atoms with E-state index in [4.69, 9.17) is 5.73 Å². The summed E-state index contributed by atoms with van der Waals surface area (Å²) >= 11 is 0. The highest BCUT2D eigenvalue weighted by atomic mass is 19.1. The fourth-order valence-corrected chi connectivity index (χ4v) is 2.38. The Labute approximate surface area is 121 Å². The summed E-state index contributed by atoms with van der Waals surface area (Å²) in [6, 6.07) is 5.48. The summed E-state index contributed by atoms with van der Waals surface area (Å²) in [6.45, 7) is 1.92. The first kappa shape index (κ1) is 13.3. The highest BCUT2D eigenvalue weighted by Crippen LogP contribution is 2.34. The molecule has 1 aromatic carbocycles. The van der Waals surface area contributed by atoms with Crippen molar-refractivity contribution in [2.75, 3.05) is 18.1 Å². The zero-order valence-corrected chi connectivity index (χ0v) is 11.8.